The SMILES string of the molecule is Nc1ccccc1N=C1CCCCC1. The van der Waals surface area contributed by atoms with Crippen molar-refractivity contribution in [3.05, 3.63) is 24.3 Å². The lowest BCUT2D eigenvalue weighted by Gasteiger charge is -2.12. The van der Waals surface area contributed by atoms with E-state index in [-0.39, 0.29) is 0 Å². The van der Waals surface area contributed by atoms with Gasteiger partial charge in [0.15, 0.2) is 0 Å². The Kier molecular flexibility index (Phi) is 2.82. The van der Waals surface area contributed by atoms with Gasteiger partial charge in [0.1, 0.15) is 0 Å². The van der Waals surface area contributed by atoms with Crippen LogP contribution in [0, 0.1) is 0 Å². The quantitative estimate of drug-likeness (QED) is 0.675. The van der Waals surface area contributed by atoms with E-state index in [4.69, 9.17) is 5.73 Å². The summed E-state index contributed by atoms with van der Waals surface area (Å²) in [4.78, 5) is 4.61. The monoisotopic (exact) mass is 188 g/mol. The van der Waals surface area contributed by atoms with Gasteiger partial charge >= 0.3 is 0 Å². The van der Waals surface area contributed by atoms with Gasteiger partial charge in [-0.1, -0.05) is 18.6 Å². The summed E-state index contributed by atoms with van der Waals surface area (Å²) >= 11 is 0. The third-order valence-electron chi connectivity index (χ3n) is 2.65. The molecule has 0 aliphatic heterocycles. The molecule has 2 heteroatoms. The van der Waals surface area contributed by atoms with E-state index in [0.29, 0.717) is 0 Å². The third kappa shape index (κ3) is 2.13. The second-order valence-corrected chi connectivity index (χ2v) is 3.80. The number of hydrogen-bond donors (Lipinski definition) is 1. The number of nitrogen functional groups attached to an aromatic ring is 1. The van der Waals surface area contributed by atoms with E-state index in [1.807, 2.05) is 24.3 Å². The molecule has 0 aromatic heterocycles. The summed E-state index contributed by atoms with van der Waals surface area (Å²) in [5, 5.41) is 0. The Bertz CT molecular complexity index is 334. The molecule has 74 valence electrons. The Labute approximate surface area is 84.9 Å². The van der Waals surface area contributed by atoms with E-state index >= 15 is 0 Å². The molecule has 1 aromatic carbocycles. The molecule has 1 fully saturated rings. The van der Waals surface area contributed by atoms with Crippen LogP contribution in [0.5, 0.6) is 0 Å². The van der Waals surface area contributed by atoms with Gasteiger partial charge in [0.25, 0.3) is 0 Å². The lowest BCUT2D eigenvalue weighted by atomic mass is 9.98. The van der Waals surface area contributed by atoms with Crippen molar-refractivity contribution < 1.29 is 0 Å². The fourth-order valence-electron chi connectivity index (χ4n) is 1.83. The van der Waals surface area contributed by atoms with E-state index in [2.05, 4.69) is 4.99 Å². The van der Waals surface area contributed by atoms with Gasteiger partial charge in [-0.15, -0.1) is 0 Å². The topological polar surface area (TPSA) is 38.4 Å². The lowest BCUT2D eigenvalue weighted by Crippen LogP contribution is -2.04. The first-order chi connectivity index (χ1) is 6.86. The van der Waals surface area contributed by atoms with Crippen LogP contribution >= 0.6 is 0 Å². The predicted molar refractivity (Wildman–Crippen MR) is 61.0 cm³/mol. The average Bonchev–Trinajstić information content (AvgIpc) is 2.23. The van der Waals surface area contributed by atoms with Crippen LogP contribution in [0.15, 0.2) is 29.3 Å². The van der Waals surface area contributed by atoms with Crippen LogP contribution in [-0.4, -0.2) is 5.71 Å². The summed E-state index contributed by atoms with van der Waals surface area (Å²) in [6.45, 7) is 0. The van der Waals surface area contributed by atoms with Gasteiger partial charge in [0.05, 0.1) is 11.4 Å². The van der Waals surface area contributed by atoms with Crippen LogP contribution < -0.4 is 5.73 Å². The van der Waals surface area contributed by atoms with Crippen molar-refractivity contribution in [1.29, 1.82) is 0 Å². The Hall–Kier alpha value is -1.31. The van der Waals surface area contributed by atoms with Crippen LogP contribution in [0.4, 0.5) is 11.4 Å². The number of rotatable bonds is 1. The highest BCUT2D eigenvalue weighted by atomic mass is 14.8. The molecule has 1 saturated carbocycles. The van der Waals surface area contributed by atoms with Crippen LogP contribution in [0.3, 0.4) is 0 Å². The molecule has 1 aromatic rings. The Morgan fingerprint density at radius 2 is 1.71 bits per heavy atom. The average molecular weight is 188 g/mol. The summed E-state index contributed by atoms with van der Waals surface area (Å²) in [6, 6.07) is 7.82. The van der Waals surface area contributed by atoms with Gasteiger partial charge in [-0.2, -0.15) is 0 Å². The first-order valence-electron chi connectivity index (χ1n) is 5.27. The maximum atomic E-state index is 5.83. The number of aliphatic imine (C=N–C) groups is 1. The van der Waals surface area contributed by atoms with Crippen molar-refractivity contribution in [2.45, 2.75) is 32.1 Å². The van der Waals surface area contributed by atoms with Crippen molar-refractivity contribution in [3.63, 3.8) is 0 Å². The first kappa shape index (κ1) is 9.25. The molecule has 0 amide bonds. The number of benzene rings is 1. The molecule has 0 heterocycles. The van der Waals surface area contributed by atoms with Gasteiger partial charge in [-0.25, -0.2) is 0 Å². The molecule has 0 spiro atoms. The predicted octanol–water partition coefficient (Wildman–Crippen LogP) is 3.31. The van der Waals surface area contributed by atoms with Crippen molar-refractivity contribution >= 4 is 17.1 Å². The Morgan fingerprint density at radius 1 is 1.00 bits per heavy atom. The van der Waals surface area contributed by atoms with Crippen LogP contribution in [0.1, 0.15) is 32.1 Å². The van der Waals surface area contributed by atoms with Gasteiger partial charge in [0, 0.05) is 5.71 Å². The maximum absolute atomic E-state index is 5.83. The van der Waals surface area contributed by atoms with Crippen molar-refractivity contribution in [2.24, 2.45) is 4.99 Å². The summed E-state index contributed by atoms with van der Waals surface area (Å²) in [7, 11) is 0. The van der Waals surface area contributed by atoms with E-state index in [9.17, 15) is 0 Å². The summed E-state index contributed by atoms with van der Waals surface area (Å²) in [5.74, 6) is 0. The number of nitrogens with two attached hydrogens (primary N) is 1. The minimum absolute atomic E-state index is 0.783. The molecule has 1 aliphatic rings. The molecular weight excluding hydrogens is 172 g/mol. The standard InChI is InChI=1S/C12H16N2/c13-11-8-4-5-9-12(11)14-10-6-2-1-3-7-10/h4-5,8-9H,1-3,6-7,13H2. The molecule has 0 radical (unpaired) electrons. The van der Waals surface area contributed by atoms with E-state index in [1.165, 1.54) is 25.0 Å². The summed E-state index contributed by atoms with van der Waals surface area (Å²) in [6.07, 6.45) is 6.21. The smallest absolute Gasteiger partial charge is 0.0858 e. The highest BCUT2D eigenvalue weighted by Gasteiger charge is 2.07. The van der Waals surface area contributed by atoms with Gasteiger partial charge < -0.3 is 5.73 Å². The zero-order valence-electron chi connectivity index (χ0n) is 8.37. The number of nitrogens with zero attached hydrogens (tertiary/aromatic N) is 1. The minimum Gasteiger partial charge on any atom is -0.397 e. The largest absolute Gasteiger partial charge is 0.397 e. The molecule has 0 bridgehead atoms. The van der Waals surface area contributed by atoms with Crippen molar-refractivity contribution in [1.82, 2.24) is 0 Å². The summed E-state index contributed by atoms with van der Waals surface area (Å²) < 4.78 is 0. The second kappa shape index (κ2) is 4.27. The molecule has 14 heavy (non-hydrogen) atoms. The molecule has 0 atom stereocenters. The minimum atomic E-state index is 0.783. The Morgan fingerprint density at radius 3 is 2.43 bits per heavy atom. The molecule has 2 rings (SSSR count). The molecule has 0 saturated heterocycles. The van der Waals surface area contributed by atoms with Crippen LogP contribution in [-0.2, 0) is 0 Å². The van der Waals surface area contributed by atoms with E-state index in [0.717, 1.165) is 24.2 Å². The second-order valence-electron chi connectivity index (χ2n) is 3.80. The summed E-state index contributed by atoms with van der Waals surface area (Å²) in [5.41, 5.74) is 8.86. The van der Waals surface area contributed by atoms with Gasteiger partial charge in [-0.05, 0) is 37.8 Å². The van der Waals surface area contributed by atoms with E-state index in [1.54, 1.807) is 0 Å². The fourth-order valence-corrected chi connectivity index (χ4v) is 1.83. The number of para-hydroxylation sites is 2. The van der Waals surface area contributed by atoms with Gasteiger partial charge in [0.2, 0.25) is 0 Å². The molecule has 1 aliphatic carbocycles. The zero-order chi connectivity index (χ0) is 9.80. The maximum Gasteiger partial charge on any atom is 0.0858 e. The van der Waals surface area contributed by atoms with Crippen molar-refractivity contribution in [2.75, 3.05) is 5.73 Å². The van der Waals surface area contributed by atoms with Crippen LogP contribution in [0.25, 0.3) is 0 Å². The first-order valence-corrected chi connectivity index (χ1v) is 5.27. The fraction of sp³-hybridized carbons (Fsp3) is 0.417. The molecule has 0 unspecified atom stereocenters. The molecule has 2 nitrogen and oxygen atoms in total. The number of hydrogen-bond acceptors (Lipinski definition) is 2. The van der Waals surface area contributed by atoms with Gasteiger partial charge in [-0.3, -0.25) is 4.99 Å². The Balaban J connectivity index is 2.19. The van der Waals surface area contributed by atoms with Crippen LogP contribution in [0.2, 0.25) is 0 Å². The van der Waals surface area contributed by atoms with Crippen molar-refractivity contribution in [3.8, 4) is 0 Å². The highest BCUT2D eigenvalue weighted by Crippen LogP contribution is 2.24. The third-order valence-corrected chi connectivity index (χ3v) is 2.65. The highest BCUT2D eigenvalue weighted by molar-refractivity contribution is 5.88. The molecular formula is C12H16N2. The lowest BCUT2D eigenvalue weighted by molar-refractivity contribution is 0.667. The normalized spacial score (nSPS) is 16.7. The van der Waals surface area contributed by atoms with E-state index < -0.39 is 0 Å². The molecule has 2 N–H and O–H groups in total. The number of anilines is 1. The zero-order valence-corrected chi connectivity index (χ0v) is 8.37.